The Morgan fingerprint density at radius 2 is 2.45 bits per heavy atom. The van der Waals surface area contributed by atoms with E-state index < -0.39 is 5.54 Å². The lowest BCUT2D eigenvalue weighted by Gasteiger charge is -2.22. The second kappa shape index (κ2) is 2.57. The molecule has 11 heavy (non-hydrogen) atoms. The highest BCUT2D eigenvalue weighted by atomic mass is 16.5. The van der Waals surface area contributed by atoms with Gasteiger partial charge in [0.15, 0.2) is 0 Å². The molecular weight excluding hydrogens is 142 g/mol. The zero-order valence-corrected chi connectivity index (χ0v) is 7.10. The molecule has 0 amide bonds. The van der Waals surface area contributed by atoms with Crippen LogP contribution in [-0.2, 0) is 9.53 Å². The summed E-state index contributed by atoms with van der Waals surface area (Å²) >= 11 is 0. The summed E-state index contributed by atoms with van der Waals surface area (Å²) in [5, 5.41) is 3.07. The average molecular weight is 155 g/mol. The average Bonchev–Trinajstić information content (AvgIpc) is 2.31. The molecule has 62 valence electrons. The van der Waals surface area contributed by atoms with Gasteiger partial charge in [0.1, 0.15) is 5.54 Å². The van der Waals surface area contributed by atoms with Crippen molar-refractivity contribution in [2.45, 2.75) is 25.8 Å². The van der Waals surface area contributed by atoms with Crippen molar-refractivity contribution in [1.82, 2.24) is 5.32 Å². The standard InChI is InChI=1S/C8H13NO2/c1-6-4-5-8(2,9-6)7(10)11-3/h4,9H,5H2,1-3H3. The number of methoxy groups -OCH3 is 1. The van der Waals surface area contributed by atoms with Crippen molar-refractivity contribution in [1.29, 1.82) is 0 Å². The SMILES string of the molecule is COC(=O)C1(C)CC=C(C)N1. The number of hydrogen-bond acceptors (Lipinski definition) is 3. The van der Waals surface area contributed by atoms with E-state index in [1.807, 2.05) is 19.9 Å². The molecule has 0 radical (unpaired) electrons. The summed E-state index contributed by atoms with van der Waals surface area (Å²) in [6.45, 7) is 3.78. The maximum Gasteiger partial charge on any atom is 0.331 e. The van der Waals surface area contributed by atoms with Crippen LogP contribution in [0.1, 0.15) is 20.3 Å². The molecule has 1 atom stereocenters. The Hall–Kier alpha value is -0.990. The van der Waals surface area contributed by atoms with E-state index in [2.05, 4.69) is 10.1 Å². The number of carbonyl (C=O) groups is 1. The van der Waals surface area contributed by atoms with E-state index in [9.17, 15) is 4.79 Å². The van der Waals surface area contributed by atoms with Gasteiger partial charge in [-0.05, 0) is 13.8 Å². The van der Waals surface area contributed by atoms with Crippen LogP contribution < -0.4 is 5.32 Å². The summed E-state index contributed by atoms with van der Waals surface area (Å²) in [6, 6.07) is 0. The molecular formula is C8H13NO2. The first-order valence-electron chi connectivity index (χ1n) is 3.62. The number of allylic oxidation sites excluding steroid dienone is 1. The maximum atomic E-state index is 11.2. The molecule has 0 saturated heterocycles. The van der Waals surface area contributed by atoms with Crippen LogP contribution in [0.3, 0.4) is 0 Å². The molecule has 1 aliphatic rings. The molecule has 0 saturated carbocycles. The van der Waals surface area contributed by atoms with Gasteiger partial charge in [-0.1, -0.05) is 6.08 Å². The minimum absolute atomic E-state index is 0.203. The van der Waals surface area contributed by atoms with Crippen molar-refractivity contribution in [2.75, 3.05) is 7.11 Å². The first-order chi connectivity index (χ1) is 5.08. The zero-order valence-electron chi connectivity index (χ0n) is 7.10. The lowest BCUT2D eigenvalue weighted by Crippen LogP contribution is -2.45. The minimum Gasteiger partial charge on any atom is -0.467 e. The van der Waals surface area contributed by atoms with Crippen LogP contribution >= 0.6 is 0 Å². The molecule has 3 nitrogen and oxygen atoms in total. The fourth-order valence-electron chi connectivity index (χ4n) is 1.25. The van der Waals surface area contributed by atoms with Crippen molar-refractivity contribution in [3.05, 3.63) is 11.8 Å². The van der Waals surface area contributed by atoms with Crippen molar-refractivity contribution < 1.29 is 9.53 Å². The molecule has 1 aliphatic heterocycles. The third-order valence-electron chi connectivity index (χ3n) is 1.93. The summed E-state index contributed by atoms with van der Waals surface area (Å²) in [5.74, 6) is -0.203. The quantitative estimate of drug-likeness (QED) is 0.569. The summed E-state index contributed by atoms with van der Waals surface area (Å²) in [4.78, 5) is 11.2. The third kappa shape index (κ3) is 1.37. The van der Waals surface area contributed by atoms with Crippen molar-refractivity contribution in [2.24, 2.45) is 0 Å². The Balaban J connectivity index is 2.66. The highest BCUT2D eigenvalue weighted by Gasteiger charge is 2.36. The highest BCUT2D eigenvalue weighted by Crippen LogP contribution is 2.21. The van der Waals surface area contributed by atoms with E-state index in [1.54, 1.807) is 0 Å². The number of nitrogens with one attached hydrogen (secondary N) is 1. The number of hydrogen-bond donors (Lipinski definition) is 1. The summed E-state index contributed by atoms with van der Waals surface area (Å²) in [6.07, 6.45) is 2.71. The highest BCUT2D eigenvalue weighted by molar-refractivity contribution is 5.81. The Bertz CT molecular complexity index is 210. The van der Waals surface area contributed by atoms with E-state index in [-0.39, 0.29) is 5.97 Å². The topological polar surface area (TPSA) is 38.3 Å². The first-order valence-corrected chi connectivity index (χ1v) is 3.62. The lowest BCUT2D eigenvalue weighted by molar-refractivity contribution is -0.147. The molecule has 1 heterocycles. The summed E-state index contributed by atoms with van der Waals surface area (Å²) in [5.41, 5.74) is 0.511. The molecule has 0 aromatic carbocycles. The normalized spacial score (nSPS) is 29.2. The Morgan fingerprint density at radius 3 is 2.82 bits per heavy atom. The molecule has 0 fully saturated rings. The number of rotatable bonds is 1. The van der Waals surface area contributed by atoms with Crippen LogP contribution in [0.5, 0.6) is 0 Å². The minimum atomic E-state index is -0.529. The van der Waals surface area contributed by atoms with E-state index >= 15 is 0 Å². The van der Waals surface area contributed by atoms with Gasteiger partial charge in [0, 0.05) is 12.1 Å². The van der Waals surface area contributed by atoms with Crippen LogP contribution in [0.2, 0.25) is 0 Å². The molecule has 0 bridgehead atoms. The molecule has 0 aromatic rings. The van der Waals surface area contributed by atoms with Crippen molar-refractivity contribution >= 4 is 5.97 Å². The number of esters is 1. The summed E-state index contributed by atoms with van der Waals surface area (Å²) in [7, 11) is 1.41. The largest absolute Gasteiger partial charge is 0.467 e. The van der Waals surface area contributed by atoms with Crippen molar-refractivity contribution in [3.8, 4) is 0 Å². The van der Waals surface area contributed by atoms with Crippen LogP contribution in [0.25, 0.3) is 0 Å². The maximum absolute atomic E-state index is 11.2. The molecule has 0 aromatic heterocycles. The molecule has 1 unspecified atom stereocenters. The smallest absolute Gasteiger partial charge is 0.331 e. The molecule has 1 N–H and O–H groups in total. The van der Waals surface area contributed by atoms with Gasteiger partial charge < -0.3 is 10.1 Å². The van der Waals surface area contributed by atoms with Gasteiger partial charge in [-0.15, -0.1) is 0 Å². The lowest BCUT2D eigenvalue weighted by atomic mass is 10.0. The summed E-state index contributed by atoms with van der Waals surface area (Å²) < 4.78 is 4.65. The monoisotopic (exact) mass is 155 g/mol. The number of carbonyl (C=O) groups excluding carboxylic acids is 1. The first kappa shape index (κ1) is 8.11. The van der Waals surface area contributed by atoms with Crippen molar-refractivity contribution in [3.63, 3.8) is 0 Å². The Morgan fingerprint density at radius 1 is 1.82 bits per heavy atom. The van der Waals surface area contributed by atoms with Gasteiger partial charge in [0.05, 0.1) is 7.11 Å². The molecule has 0 spiro atoms. The van der Waals surface area contributed by atoms with Gasteiger partial charge in [-0.25, -0.2) is 4.79 Å². The van der Waals surface area contributed by atoms with Crippen LogP contribution in [0.15, 0.2) is 11.8 Å². The van der Waals surface area contributed by atoms with Gasteiger partial charge in [-0.3, -0.25) is 0 Å². The predicted molar refractivity (Wildman–Crippen MR) is 41.9 cm³/mol. The molecule has 3 heteroatoms. The van der Waals surface area contributed by atoms with E-state index in [1.165, 1.54) is 7.11 Å². The van der Waals surface area contributed by atoms with Gasteiger partial charge in [0.25, 0.3) is 0 Å². The zero-order chi connectivity index (χ0) is 8.48. The fraction of sp³-hybridized carbons (Fsp3) is 0.625. The molecule has 1 rings (SSSR count). The predicted octanol–water partition coefficient (Wildman–Crippen LogP) is 0.815. The van der Waals surface area contributed by atoms with Gasteiger partial charge in [-0.2, -0.15) is 0 Å². The Kier molecular flexibility index (Phi) is 1.89. The Labute approximate surface area is 66.4 Å². The van der Waals surface area contributed by atoms with E-state index in [0.29, 0.717) is 6.42 Å². The van der Waals surface area contributed by atoms with E-state index in [4.69, 9.17) is 0 Å². The molecule has 0 aliphatic carbocycles. The van der Waals surface area contributed by atoms with Crippen LogP contribution in [0, 0.1) is 0 Å². The third-order valence-corrected chi connectivity index (χ3v) is 1.93. The van der Waals surface area contributed by atoms with Gasteiger partial charge >= 0.3 is 5.97 Å². The van der Waals surface area contributed by atoms with Crippen LogP contribution in [-0.4, -0.2) is 18.6 Å². The number of ether oxygens (including phenoxy) is 1. The van der Waals surface area contributed by atoms with E-state index in [0.717, 1.165) is 5.70 Å². The second-order valence-corrected chi connectivity index (χ2v) is 3.04. The van der Waals surface area contributed by atoms with Gasteiger partial charge in [0.2, 0.25) is 0 Å². The second-order valence-electron chi connectivity index (χ2n) is 3.04. The van der Waals surface area contributed by atoms with Crippen LogP contribution in [0.4, 0.5) is 0 Å². The fourth-order valence-corrected chi connectivity index (χ4v) is 1.25.